The Morgan fingerprint density at radius 3 is 2.59 bits per heavy atom. The van der Waals surface area contributed by atoms with E-state index in [9.17, 15) is 4.79 Å². The highest BCUT2D eigenvalue weighted by Gasteiger charge is 2.11. The molecule has 1 N–H and O–H groups in total. The van der Waals surface area contributed by atoms with Gasteiger partial charge in [0, 0.05) is 10.6 Å². The minimum atomic E-state index is -0.181. The molecule has 2 aromatic carbocycles. The van der Waals surface area contributed by atoms with E-state index >= 15 is 0 Å². The molecule has 0 aliphatic rings. The van der Waals surface area contributed by atoms with Gasteiger partial charge >= 0.3 is 0 Å². The van der Waals surface area contributed by atoms with Crippen molar-refractivity contribution >= 4 is 44.2 Å². The quantitative estimate of drug-likeness (QED) is 0.705. The molecule has 1 aromatic heterocycles. The van der Waals surface area contributed by atoms with E-state index in [4.69, 9.17) is 11.6 Å². The van der Waals surface area contributed by atoms with Gasteiger partial charge in [0.25, 0.3) is 5.91 Å². The fourth-order valence-electron chi connectivity index (χ4n) is 2.12. The van der Waals surface area contributed by atoms with Crippen LogP contribution in [0.25, 0.3) is 10.2 Å². The van der Waals surface area contributed by atoms with Crippen molar-refractivity contribution in [2.75, 3.05) is 5.32 Å². The van der Waals surface area contributed by atoms with Crippen molar-refractivity contribution in [2.45, 2.75) is 19.8 Å². The fraction of sp³-hybridized carbons (Fsp3) is 0.176. The van der Waals surface area contributed by atoms with Crippen molar-refractivity contribution in [3.8, 4) is 0 Å². The Kier molecular flexibility index (Phi) is 4.14. The number of hydrogen-bond acceptors (Lipinski definition) is 3. The molecular weight excluding hydrogens is 316 g/mol. The van der Waals surface area contributed by atoms with Crippen molar-refractivity contribution in [2.24, 2.45) is 0 Å². The zero-order valence-electron chi connectivity index (χ0n) is 12.3. The summed E-state index contributed by atoms with van der Waals surface area (Å²) in [6.07, 6.45) is 0. The van der Waals surface area contributed by atoms with Gasteiger partial charge in [0.2, 0.25) is 0 Å². The van der Waals surface area contributed by atoms with Crippen LogP contribution in [0.2, 0.25) is 5.02 Å². The second-order valence-corrected chi connectivity index (χ2v) is 6.83. The van der Waals surface area contributed by atoms with Gasteiger partial charge in [-0.3, -0.25) is 10.1 Å². The van der Waals surface area contributed by atoms with Crippen LogP contribution in [0.1, 0.15) is 35.7 Å². The molecule has 0 atom stereocenters. The van der Waals surface area contributed by atoms with E-state index < -0.39 is 0 Å². The smallest absolute Gasteiger partial charge is 0.257 e. The van der Waals surface area contributed by atoms with Gasteiger partial charge in [-0.05, 0) is 47.9 Å². The molecule has 0 aliphatic heterocycles. The van der Waals surface area contributed by atoms with Gasteiger partial charge in [-0.25, -0.2) is 4.98 Å². The van der Waals surface area contributed by atoms with Gasteiger partial charge in [0.05, 0.1) is 10.2 Å². The zero-order chi connectivity index (χ0) is 15.7. The number of carbonyl (C=O) groups excluding carboxylic acids is 1. The van der Waals surface area contributed by atoms with E-state index in [1.54, 1.807) is 24.3 Å². The highest BCUT2D eigenvalue weighted by Crippen LogP contribution is 2.29. The third kappa shape index (κ3) is 3.13. The minimum absolute atomic E-state index is 0.181. The minimum Gasteiger partial charge on any atom is -0.298 e. The summed E-state index contributed by atoms with van der Waals surface area (Å²) in [6, 6.07) is 13.0. The largest absolute Gasteiger partial charge is 0.298 e. The number of fused-ring (bicyclic) bond motifs is 1. The first-order valence-corrected chi connectivity index (χ1v) is 8.20. The third-order valence-electron chi connectivity index (χ3n) is 3.41. The van der Waals surface area contributed by atoms with Crippen LogP contribution in [0.4, 0.5) is 5.13 Å². The molecule has 3 nitrogen and oxygen atoms in total. The van der Waals surface area contributed by atoms with Crippen LogP contribution in [0, 0.1) is 0 Å². The average molecular weight is 331 g/mol. The van der Waals surface area contributed by atoms with E-state index in [0.29, 0.717) is 21.6 Å². The summed E-state index contributed by atoms with van der Waals surface area (Å²) in [5, 5.41) is 4.06. The van der Waals surface area contributed by atoms with Crippen LogP contribution >= 0.6 is 22.9 Å². The van der Waals surface area contributed by atoms with Gasteiger partial charge in [-0.1, -0.05) is 42.9 Å². The lowest BCUT2D eigenvalue weighted by Crippen LogP contribution is -2.11. The molecule has 5 heteroatoms. The average Bonchev–Trinajstić information content (AvgIpc) is 2.88. The molecule has 0 aliphatic carbocycles. The molecule has 1 heterocycles. The monoisotopic (exact) mass is 330 g/mol. The first-order valence-electron chi connectivity index (χ1n) is 7.00. The van der Waals surface area contributed by atoms with Crippen molar-refractivity contribution in [3.05, 3.63) is 58.6 Å². The SMILES string of the molecule is CC(C)c1ccc2nc(NC(=O)c3ccc(Cl)cc3)sc2c1. The van der Waals surface area contributed by atoms with Crippen LogP contribution in [0.3, 0.4) is 0 Å². The van der Waals surface area contributed by atoms with E-state index in [1.807, 2.05) is 6.07 Å². The maximum atomic E-state index is 12.2. The number of halogens is 1. The number of benzene rings is 2. The lowest BCUT2D eigenvalue weighted by molar-refractivity contribution is 0.102. The highest BCUT2D eigenvalue weighted by molar-refractivity contribution is 7.22. The summed E-state index contributed by atoms with van der Waals surface area (Å²) in [6.45, 7) is 4.32. The second-order valence-electron chi connectivity index (χ2n) is 5.36. The van der Waals surface area contributed by atoms with Gasteiger partial charge in [0.1, 0.15) is 0 Å². The molecule has 0 fully saturated rings. The molecule has 1 amide bonds. The number of amides is 1. The summed E-state index contributed by atoms with van der Waals surface area (Å²) in [5.74, 6) is 0.290. The van der Waals surface area contributed by atoms with Gasteiger partial charge in [-0.2, -0.15) is 0 Å². The van der Waals surface area contributed by atoms with Crippen molar-refractivity contribution < 1.29 is 4.79 Å². The Hall–Kier alpha value is -1.91. The summed E-state index contributed by atoms with van der Waals surface area (Å²) in [5.41, 5.74) is 2.74. The van der Waals surface area contributed by atoms with Crippen LogP contribution in [0.15, 0.2) is 42.5 Å². The fourth-order valence-corrected chi connectivity index (χ4v) is 3.16. The van der Waals surface area contributed by atoms with Crippen LogP contribution in [-0.4, -0.2) is 10.9 Å². The predicted octanol–water partition coefficient (Wildman–Crippen LogP) is 5.33. The number of thiazole rings is 1. The van der Waals surface area contributed by atoms with E-state index in [2.05, 4.69) is 36.3 Å². The number of anilines is 1. The molecule has 112 valence electrons. The number of rotatable bonds is 3. The summed E-state index contributed by atoms with van der Waals surface area (Å²) in [7, 11) is 0. The highest BCUT2D eigenvalue weighted by atomic mass is 35.5. The molecule has 0 bridgehead atoms. The predicted molar refractivity (Wildman–Crippen MR) is 93.1 cm³/mol. The number of nitrogens with zero attached hydrogens (tertiary/aromatic N) is 1. The summed E-state index contributed by atoms with van der Waals surface area (Å²) < 4.78 is 1.08. The maximum Gasteiger partial charge on any atom is 0.257 e. The Balaban J connectivity index is 1.84. The molecule has 3 rings (SSSR count). The third-order valence-corrected chi connectivity index (χ3v) is 4.59. The lowest BCUT2D eigenvalue weighted by Gasteiger charge is -2.03. The Bertz CT molecular complexity index is 824. The van der Waals surface area contributed by atoms with Crippen LogP contribution < -0.4 is 5.32 Å². The number of carbonyl (C=O) groups is 1. The molecule has 0 saturated carbocycles. The Morgan fingerprint density at radius 2 is 1.91 bits per heavy atom. The molecule has 22 heavy (non-hydrogen) atoms. The molecule has 0 saturated heterocycles. The Morgan fingerprint density at radius 1 is 1.18 bits per heavy atom. The maximum absolute atomic E-state index is 12.2. The molecule has 0 radical (unpaired) electrons. The summed E-state index contributed by atoms with van der Waals surface area (Å²) >= 11 is 7.31. The normalized spacial score (nSPS) is 11.1. The van der Waals surface area contributed by atoms with E-state index in [0.717, 1.165) is 10.2 Å². The van der Waals surface area contributed by atoms with Gasteiger partial charge < -0.3 is 0 Å². The van der Waals surface area contributed by atoms with Crippen LogP contribution in [0.5, 0.6) is 0 Å². The second kappa shape index (κ2) is 6.07. The molecular formula is C17H15ClN2OS. The Labute approximate surface area is 138 Å². The number of aromatic nitrogens is 1. The van der Waals surface area contributed by atoms with Crippen LogP contribution in [-0.2, 0) is 0 Å². The van der Waals surface area contributed by atoms with Crippen molar-refractivity contribution in [1.82, 2.24) is 4.98 Å². The lowest BCUT2D eigenvalue weighted by atomic mass is 10.0. The number of hydrogen-bond donors (Lipinski definition) is 1. The molecule has 0 unspecified atom stereocenters. The number of nitrogens with one attached hydrogen (secondary N) is 1. The van der Waals surface area contributed by atoms with E-state index in [-0.39, 0.29) is 5.91 Å². The van der Waals surface area contributed by atoms with Gasteiger partial charge in [-0.15, -0.1) is 0 Å². The van der Waals surface area contributed by atoms with Crippen molar-refractivity contribution in [1.29, 1.82) is 0 Å². The first kappa shape index (κ1) is 15.0. The zero-order valence-corrected chi connectivity index (χ0v) is 13.8. The van der Waals surface area contributed by atoms with E-state index in [1.165, 1.54) is 16.9 Å². The molecule has 3 aromatic rings. The standard InChI is InChI=1S/C17H15ClN2OS/c1-10(2)12-5-8-14-15(9-12)22-17(19-14)20-16(21)11-3-6-13(18)7-4-11/h3-10H,1-2H3,(H,19,20,21). The molecule has 0 spiro atoms. The first-order chi connectivity index (χ1) is 10.5. The van der Waals surface area contributed by atoms with Gasteiger partial charge in [0.15, 0.2) is 5.13 Å². The summed E-state index contributed by atoms with van der Waals surface area (Å²) in [4.78, 5) is 16.6. The van der Waals surface area contributed by atoms with Crippen molar-refractivity contribution in [3.63, 3.8) is 0 Å². The topological polar surface area (TPSA) is 42.0 Å².